The minimum absolute atomic E-state index is 0.00399. The van der Waals surface area contributed by atoms with Crippen LogP contribution >= 0.6 is 0 Å². The average molecular weight is 424 g/mol. The minimum Gasteiger partial charge on any atom is -0.493 e. The second-order valence-electron chi connectivity index (χ2n) is 5.67. The zero-order valence-corrected chi connectivity index (χ0v) is 18.0. The topological polar surface area (TPSA) is 89.5 Å². The lowest BCUT2D eigenvalue weighted by Gasteiger charge is -2.14. The molecule has 0 fully saturated rings. The first-order chi connectivity index (χ1) is 13.8. The van der Waals surface area contributed by atoms with Gasteiger partial charge < -0.3 is 28.4 Å². The smallest absolute Gasteiger partial charge is 0.203 e. The van der Waals surface area contributed by atoms with Gasteiger partial charge in [-0.25, -0.2) is 8.42 Å². The summed E-state index contributed by atoms with van der Waals surface area (Å²) in [6.07, 6.45) is 1.43. The SMILES string of the molecule is COc1cc(/C=C/S(=O)(=O)c2cc(OC)c(OC)c(OC)c2)cc(OC)c1OC. The Kier molecular flexibility index (Phi) is 7.22. The minimum atomic E-state index is -3.81. The third-order valence-electron chi connectivity index (χ3n) is 4.09. The summed E-state index contributed by atoms with van der Waals surface area (Å²) >= 11 is 0. The number of benzene rings is 2. The van der Waals surface area contributed by atoms with E-state index in [1.165, 1.54) is 60.9 Å². The summed E-state index contributed by atoms with van der Waals surface area (Å²) in [6, 6.07) is 6.03. The van der Waals surface area contributed by atoms with Gasteiger partial charge in [0.25, 0.3) is 0 Å². The lowest BCUT2D eigenvalue weighted by molar-refractivity contribution is 0.323. The van der Waals surface area contributed by atoms with Gasteiger partial charge in [-0.1, -0.05) is 0 Å². The van der Waals surface area contributed by atoms with E-state index in [-0.39, 0.29) is 16.4 Å². The van der Waals surface area contributed by atoms with Crippen LogP contribution in [0.15, 0.2) is 34.6 Å². The van der Waals surface area contributed by atoms with Crippen molar-refractivity contribution in [3.63, 3.8) is 0 Å². The molecule has 158 valence electrons. The molecule has 0 spiro atoms. The van der Waals surface area contributed by atoms with Crippen LogP contribution in [0.5, 0.6) is 34.5 Å². The van der Waals surface area contributed by atoms with Gasteiger partial charge in [-0.05, 0) is 23.8 Å². The third-order valence-corrected chi connectivity index (χ3v) is 5.48. The van der Waals surface area contributed by atoms with E-state index in [0.717, 1.165) is 5.41 Å². The molecule has 9 heteroatoms. The van der Waals surface area contributed by atoms with Crippen LogP contribution < -0.4 is 28.4 Å². The predicted molar refractivity (Wildman–Crippen MR) is 108 cm³/mol. The van der Waals surface area contributed by atoms with Crippen molar-refractivity contribution in [2.24, 2.45) is 0 Å². The lowest BCUT2D eigenvalue weighted by atomic mass is 10.2. The molecule has 2 rings (SSSR count). The second-order valence-corrected chi connectivity index (χ2v) is 7.50. The molecule has 0 saturated heterocycles. The van der Waals surface area contributed by atoms with Gasteiger partial charge in [0.2, 0.25) is 11.5 Å². The summed E-state index contributed by atoms with van der Waals surface area (Å²) in [5.74, 6) is 2.04. The zero-order chi connectivity index (χ0) is 21.6. The van der Waals surface area contributed by atoms with Crippen LogP contribution in [0.4, 0.5) is 0 Å². The third kappa shape index (κ3) is 4.68. The average Bonchev–Trinajstić information content (AvgIpc) is 2.75. The maximum absolute atomic E-state index is 12.8. The number of rotatable bonds is 9. The maximum Gasteiger partial charge on any atom is 0.203 e. The molecule has 2 aromatic carbocycles. The first kappa shape index (κ1) is 22.2. The molecule has 0 radical (unpaired) electrons. The Labute approximate surface area is 170 Å². The highest BCUT2D eigenvalue weighted by Gasteiger charge is 2.20. The van der Waals surface area contributed by atoms with Crippen molar-refractivity contribution in [1.82, 2.24) is 0 Å². The highest BCUT2D eigenvalue weighted by Crippen LogP contribution is 2.41. The van der Waals surface area contributed by atoms with Crippen molar-refractivity contribution in [3.05, 3.63) is 35.2 Å². The molecule has 29 heavy (non-hydrogen) atoms. The van der Waals surface area contributed by atoms with Crippen LogP contribution in [0.1, 0.15) is 5.56 Å². The summed E-state index contributed by atoms with van der Waals surface area (Å²) in [5.41, 5.74) is 0.551. The molecular weight excluding hydrogens is 400 g/mol. The largest absolute Gasteiger partial charge is 0.493 e. The first-order valence-corrected chi connectivity index (χ1v) is 9.93. The van der Waals surface area contributed by atoms with Gasteiger partial charge >= 0.3 is 0 Å². The van der Waals surface area contributed by atoms with Crippen LogP contribution in [-0.2, 0) is 9.84 Å². The van der Waals surface area contributed by atoms with E-state index in [4.69, 9.17) is 28.4 Å². The van der Waals surface area contributed by atoms with Crippen LogP contribution in [0.25, 0.3) is 6.08 Å². The molecule has 0 unspecified atom stereocenters. The number of hydrogen-bond acceptors (Lipinski definition) is 8. The fourth-order valence-electron chi connectivity index (χ4n) is 2.67. The van der Waals surface area contributed by atoms with E-state index in [1.54, 1.807) is 12.1 Å². The summed E-state index contributed by atoms with van der Waals surface area (Å²) in [4.78, 5) is -0.00399. The Balaban J connectivity index is 2.50. The molecule has 0 heterocycles. The molecule has 0 aliphatic rings. The Morgan fingerprint density at radius 2 is 1.00 bits per heavy atom. The number of hydrogen-bond donors (Lipinski definition) is 0. The zero-order valence-electron chi connectivity index (χ0n) is 17.1. The van der Waals surface area contributed by atoms with Crippen molar-refractivity contribution in [2.45, 2.75) is 4.90 Å². The molecule has 0 N–H and O–H groups in total. The van der Waals surface area contributed by atoms with Crippen LogP contribution in [0.3, 0.4) is 0 Å². The van der Waals surface area contributed by atoms with Crippen molar-refractivity contribution in [1.29, 1.82) is 0 Å². The van der Waals surface area contributed by atoms with Gasteiger partial charge in [-0.2, -0.15) is 0 Å². The molecule has 0 aliphatic heterocycles. The van der Waals surface area contributed by atoms with Crippen molar-refractivity contribution < 1.29 is 36.8 Å². The fraction of sp³-hybridized carbons (Fsp3) is 0.300. The van der Waals surface area contributed by atoms with Crippen LogP contribution in [0, 0.1) is 0 Å². The molecule has 0 aromatic heterocycles. The Bertz CT molecular complexity index is 946. The molecule has 8 nitrogen and oxygen atoms in total. The summed E-state index contributed by atoms with van der Waals surface area (Å²) in [5, 5.41) is 1.08. The molecule has 0 atom stereocenters. The number of methoxy groups -OCH3 is 6. The van der Waals surface area contributed by atoms with E-state index in [1.807, 2.05) is 0 Å². The highest BCUT2D eigenvalue weighted by molar-refractivity contribution is 7.94. The molecule has 0 aliphatic carbocycles. The summed E-state index contributed by atoms with van der Waals surface area (Å²) in [6.45, 7) is 0. The van der Waals surface area contributed by atoms with Gasteiger partial charge in [0.1, 0.15) is 0 Å². The van der Waals surface area contributed by atoms with Crippen molar-refractivity contribution in [2.75, 3.05) is 42.7 Å². The number of ether oxygens (including phenoxy) is 6. The Morgan fingerprint density at radius 1 is 0.621 bits per heavy atom. The van der Waals surface area contributed by atoms with Crippen molar-refractivity contribution in [3.8, 4) is 34.5 Å². The van der Waals surface area contributed by atoms with Gasteiger partial charge in [-0.3, -0.25) is 0 Å². The van der Waals surface area contributed by atoms with E-state index < -0.39 is 9.84 Å². The Morgan fingerprint density at radius 3 is 1.34 bits per heavy atom. The van der Waals surface area contributed by atoms with E-state index in [2.05, 4.69) is 0 Å². The van der Waals surface area contributed by atoms with Gasteiger partial charge in [0.05, 0.1) is 47.6 Å². The van der Waals surface area contributed by atoms with Crippen LogP contribution in [0.2, 0.25) is 0 Å². The maximum atomic E-state index is 12.8. The normalized spacial score (nSPS) is 11.2. The van der Waals surface area contributed by atoms with Gasteiger partial charge in [-0.15, -0.1) is 0 Å². The highest BCUT2D eigenvalue weighted by atomic mass is 32.2. The summed E-state index contributed by atoms with van der Waals surface area (Å²) in [7, 11) is 4.92. The fourth-order valence-corrected chi connectivity index (χ4v) is 3.70. The molecule has 0 bridgehead atoms. The monoisotopic (exact) mass is 424 g/mol. The lowest BCUT2D eigenvalue weighted by Crippen LogP contribution is -2.01. The van der Waals surface area contributed by atoms with E-state index >= 15 is 0 Å². The molecule has 2 aromatic rings. The summed E-state index contributed by atoms with van der Waals surface area (Å²) < 4.78 is 57.2. The second kappa shape index (κ2) is 9.42. The van der Waals surface area contributed by atoms with E-state index in [0.29, 0.717) is 28.6 Å². The van der Waals surface area contributed by atoms with E-state index in [9.17, 15) is 8.42 Å². The molecule has 0 amide bonds. The quantitative estimate of drug-likeness (QED) is 0.606. The standard InChI is InChI=1S/C20H24O8S/c1-23-15-9-13(10-16(24-2)19(15)27-5)7-8-29(21,22)14-11-17(25-3)20(28-6)18(12-14)26-4/h7-12H,1-6H3/b8-7+. The Hall–Kier alpha value is -3.07. The van der Waals surface area contributed by atoms with Gasteiger partial charge in [0, 0.05) is 17.5 Å². The molecular formula is C20H24O8S. The van der Waals surface area contributed by atoms with Crippen molar-refractivity contribution >= 4 is 15.9 Å². The van der Waals surface area contributed by atoms with Gasteiger partial charge in [0.15, 0.2) is 32.8 Å². The number of sulfone groups is 1. The first-order valence-electron chi connectivity index (χ1n) is 8.38. The molecule has 0 saturated carbocycles. The van der Waals surface area contributed by atoms with Crippen LogP contribution in [-0.4, -0.2) is 51.1 Å². The predicted octanol–water partition coefficient (Wildman–Crippen LogP) is 3.18.